The van der Waals surface area contributed by atoms with E-state index in [4.69, 9.17) is 23.2 Å². The van der Waals surface area contributed by atoms with Crippen molar-refractivity contribution in [3.8, 4) is 0 Å². The number of halogens is 2. The van der Waals surface area contributed by atoms with Crippen molar-refractivity contribution in [3.63, 3.8) is 0 Å². The van der Waals surface area contributed by atoms with Gasteiger partial charge in [-0.1, -0.05) is 35.3 Å². The lowest BCUT2D eigenvalue weighted by Gasteiger charge is -2.25. The molecular weight excluding hydrogens is 295 g/mol. The highest BCUT2D eigenvalue weighted by molar-refractivity contribution is 6.30. The predicted molar refractivity (Wildman–Crippen MR) is 80.9 cm³/mol. The number of anilines is 1. The molecule has 0 bridgehead atoms. The highest BCUT2D eigenvalue weighted by atomic mass is 35.5. The van der Waals surface area contributed by atoms with Gasteiger partial charge < -0.3 is 0 Å². The first-order valence-corrected chi connectivity index (χ1v) is 6.99. The second-order valence-corrected chi connectivity index (χ2v) is 5.53. The van der Waals surface area contributed by atoms with Gasteiger partial charge in [0.1, 0.15) is 0 Å². The topological polar surface area (TPSA) is 32.3 Å². The van der Waals surface area contributed by atoms with Gasteiger partial charge >= 0.3 is 0 Å². The van der Waals surface area contributed by atoms with Gasteiger partial charge in [-0.15, -0.1) is 0 Å². The number of hydrazine groups is 1. The summed E-state index contributed by atoms with van der Waals surface area (Å²) in [6, 6.07) is 14.9. The molecule has 2 aromatic rings. The van der Waals surface area contributed by atoms with Crippen molar-refractivity contribution in [1.29, 1.82) is 0 Å². The van der Waals surface area contributed by atoms with Crippen molar-refractivity contribution in [3.05, 3.63) is 64.1 Å². The second-order valence-electron chi connectivity index (χ2n) is 4.65. The fraction of sp³-hybridized carbons (Fsp3) is 0.133. The molecule has 0 aliphatic carbocycles. The minimum absolute atomic E-state index is 0.0000926. The van der Waals surface area contributed by atoms with E-state index in [0.29, 0.717) is 16.5 Å². The molecule has 1 heterocycles. The van der Waals surface area contributed by atoms with E-state index < -0.39 is 0 Å². The van der Waals surface area contributed by atoms with Crippen LogP contribution in [0.1, 0.15) is 18.0 Å². The van der Waals surface area contributed by atoms with Crippen LogP contribution in [0, 0.1) is 0 Å². The zero-order valence-electron chi connectivity index (χ0n) is 10.5. The number of hydrogen-bond acceptors (Lipinski definition) is 2. The van der Waals surface area contributed by atoms with Crippen LogP contribution in [0.5, 0.6) is 0 Å². The molecule has 1 aliphatic heterocycles. The van der Waals surface area contributed by atoms with Crippen LogP contribution in [-0.2, 0) is 4.79 Å². The standard InChI is InChI=1S/C15H12Cl2N2O/c16-11-3-1-10(2-4-11)14-9-15(20)18-19(14)13-7-5-12(17)6-8-13/h1-8,14H,9H2,(H,18,20). The first-order valence-electron chi connectivity index (χ1n) is 6.23. The highest BCUT2D eigenvalue weighted by Crippen LogP contribution is 2.33. The van der Waals surface area contributed by atoms with Crippen LogP contribution in [0.2, 0.25) is 10.0 Å². The average Bonchev–Trinajstić information content (AvgIpc) is 2.82. The monoisotopic (exact) mass is 306 g/mol. The van der Waals surface area contributed by atoms with Crippen LogP contribution in [0.15, 0.2) is 48.5 Å². The van der Waals surface area contributed by atoms with Crippen molar-refractivity contribution in [1.82, 2.24) is 5.43 Å². The Morgan fingerprint density at radius 2 is 1.50 bits per heavy atom. The minimum atomic E-state index is -0.0408. The largest absolute Gasteiger partial charge is 0.278 e. The summed E-state index contributed by atoms with van der Waals surface area (Å²) in [6.07, 6.45) is 0.421. The third kappa shape index (κ3) is 2.60. The molecule has 1 atom stereocenters. The van der Waals surface area contributed by atoms with E-state index in [1.165, 1.54) is 0 Å². The Kier molecular flexibility index (Phi) is 3.55. The smallest absolute Gasteiger partial charge is 0.241 e. The molecule has 5 heteroatoms. The molecule has 102 valence electrons. The maximum absolute atomic E-state index is 11.7. The molecule has 0 aromatic heterocycles. The van der Waals surface area contributed by atoms with E-state index >= 15 is 0 Å². The van der Waals surface area contributed by atoms with E-state index in [0.717, 1.165) is 11.3 Å². The van der Waals surface area contributed by atoms with Crippen molar-refractivity contribution in [2.24, 2.45) is 0 Å². The lowest BCUT2D eigenvalue weighted by molar-refractivity contribution is -0.119. The highest BCUT2D eigenvalue weighted by Gasteiger charge is 2.31. The summed E-state index contributed by atoms with van der Waals surface area (Å²) in [5.41, 5.74) is 4.82. The number of benzene rings is 2. The molecular formula is C15H12Cl2N2O. The Hall–Kier alpha value is -1.71. The van der Waals surface area contributed by atoms with Crippen LogP contribution >= 0.6 is 23.2 Å². The van der Waals surface area contributed by atoms with Crippen molar-refractivity contribution in [2.75, 3.05) is 5.01 Å². The molecule has 0 saturated carbocycles. The molecule has 2 aromatic carbocycles. The molecule has 3 nitrogen and oxygen atoms in total. The number of nitrogens with one attached hydrogen (secondary N) is 1. The minimum Gasteiger partial charge on any atom is -0.278 e. The molecule has 1 unspecified atom stereocenters. The summed E-state index contributed by atoms with van der Waals surface area (Å²) in [4.78, 5) is 11.7. The zero-order valence-corrected chi connectivity index (χ0v) is 12.0. The number of carbonyl (C=O) groups excluding carboxylic acids is 1. The van der Waals surface area contributed by atoms with Gasteiger partial charge in [0.05, 0.1) is 18.2 Å². The number of nitrogens with zero attached hydrogens (tertiary/aromatic N) is 1. The van der Waals surface area contributed by atoms with Crippen LogP contribution in [-0.4, -0.2) is 5.91 Å². The van der Waals surface area contributed by atoms with Gasteiger partial charge in [0.25, 0.3) is 0 Å². The molecule has 0 spiro atoms. The number of carbonyl (C=O) groups is 1. The van der Waals surface area contributed by atoms with E-state index in [1.54, 1.807) is 12.1 Å². The van der Waals surface area contributed by atoms with Gasteiger partial charge in [0.2, 0.25) is 5.91 Å². The zero-order chi connectivity index (χ0) is 14.1. The van der Waals surface area contributed by atoms with Gasteiger partial charge in [0, 0.05) is 10.0 Å². The van der Waals surface area contributed by atoms with Crippen LogP contribution in [0.25, 0.3) is 0 Å². The van der Waals surface area contributed by atoms with E-state index in [1.807, 2.05) is 41.4 Å². The Morgan fingerprint density at radius 1 is 0.950 bits per heavy atom. The van der Waals surface area contributed by atoms with Crippen molar-refractivity contribution in [2.45, 2.75) is 12.5 Å². The van der Waals surface area contributed by atoms with Crippen molar-refractivity contribution < 1.29 is 4.79 Å². The first-order chi connectivity index (χ1) is 9.63. The predicted octanol–water partition coefficient (Wildman–Crippen LogP) is 3.98. The Labute approximate surface area is 127 Å². The third-order valence-electron chi connectivity index (χ3n) is 3.30. The van der Waals surface area contributed by atoms with E-state index in [-0.39, 0.29) is 11.9 Å². The molecule has 1 aliphatic rings. The summed E-state index contributed by atoms with van der Waals surface area (Å²) in [7, 11) is 0. The van der Waals surface area contributed by atoms with Gasteiger partial charge in [-0.05, 0) is 42.0 Å². The fourth-order valence-electron chi connectivity index (χ4n) is 2.32. The maximum Gasteiger partial charge on any atom is 0.241 e. The third-order valence-corrected chi connectivity index (χ3v) is 3.80. The Bertz CT molecular complexity index is 570. The maximum atomic E-state index is 11.7. The summed E-state index contributed by atoms with van der Waals surface area (Å²) in [5, 5.41) is 3.22. The Morgan fingerprint density at radius 3 is 2.10 bits per heavy atom. The normalized spacial score (nSPS) is 18.2. The number of hydrogen-bond donors (Lipinski definition) is 1. The lowest BCUT2D eigenvalue weighted by Crippen LogP contribution is -2.34. The number of rotatable bonds is 2. The fourth-order valence-corrected chi connectivity index (χ4v) is 2.57. The van der Waals surface area contributed by atoms with Crippen LogP contribution < -0.4 is 10.4 Å². The molecule has 1 amide bonds. The molecule has 1 fully saturated rings. The molecule has 1 saturated heterocycles. The molecule has 20 heavy (non-hydrogen) atoms. The Balaban J connectivity index is 1.94. The number of amides is 1. The van der Waals surface area contributed by atoms with Crippen molar-refractivity contribution >= 4 is 34.8 Å². The van der Waals surface area contributed by atoms with Crippen LogP contribution in [0.3, 0.4) is 0 Å². The first kappa shape index (κ1) is 13.3. The molecule has 1 N–H and O–H groups in total. The van der Waals surface area contributed by atoms with E-state index in [9.17, 15) is 4.79 Å². The van der Waals surface area contributed by atoms with Crippen LogP contribution in [0.4, 0.5) is 5.69 Å². The molecule has 0 radical (unpaired) electrons. The van der Waals surface area contributed by atoms with E-state index in [2.05, 4.69) is 5.43 Å². The average molecular weight is 307 g/mol. The van der Waals surface area contributed by atoms with Gasteiger partial charge in [-0.25, -0.2) is 0 Å². The lowest BCUT2D eigenvalue weighted by atomic mass is 10.0. The van der Waals surface area contributed by atoms with Gasteiger partial charge in [-0.3, -0.25) is 15.2 Å². The molecule has 3 rings (SSSR count). The quantitative estimate of drug-likeness (QED) is 0.910. The van der Waals surface area contributed by atoms with Gasteiger partial charge in [0.15, 0.2) is 0 Å². The second kappa shape index (κ2) is 5.35. The summed E-state index contributed by atoms with van der Waals surface area (Å²) >= 11 is 11.8. The summed E-state index contributed by atoms with van der Waals surface area (Å²) < 4.78 is 0. The SMILES string of the molecule is O=C1CC(c2ccc(Cl)cc2)N(c2ccc(Cl)cc2)N1. The van der Waals surface area contributed by atoms with Gasteiger partial charge in [-0.2, -0.15) is 0 Å². The summed E-state index contributed by atoms with van der Waals surface area (Å²) in [6.45, 7) is 0. The summed E-state index contributed by atoms with van der Waals surface area (Å²) in [5.74, 6) is -0.0000926.